The van der Waals surface area contributed by atoms with Gasteiger partial charge in [-0.2, -0.15) is 4.31 Å². The van der Waals surface area contributed by atoms with E-state index >= 15 is 0 Å². The van der Waals surface area contributed by atoms with Crippen molar-refractivity contribution < 1.29 is 13.2 Å². The van der Waals surface area contributed by atoms with E-state index in [0.29, 0.717) is 24.0 Å². The van der Waals surface area contributed by atoms with Crippen molar-refractivity contribution in [2.24, 2.45) is 0 Å². The van der Waals surface area contributed by atoms with Gasteiger partial charge in [-0.1, -0.05) is 18.2 Å². The third-order valence-electron chi connectivity index (χ3n) is 5.83. The monoisotopic (exact) mass is 391 g/mol. The molecule has 2 fully saturated rings. The van der Waals surface area contributed by atoms with Crippen molar-refractivity contribution in [2.75, 3.05) is 45.9 Å². The minimum Gasteiger partial charge on any atom is -0.381 e. The normalized spacial score (nSPS) is 23.2. The molecular weight excluding hydrogens is 362 g/mol. The molecule has 1 aromatic carbocycles. The maximum atomic E-state index is 13.0. The van der Waals surface area contributed by atoms with Crippen LogP contribution >= 0.6 is 0 Å². The van der Waals surface area contributed by atoms with Crippen molar-refractivity contribution in [2.45, 2.75) is 36.7 Å². The quantitative estimate of drug-likeness (QED) is 0.767. The molecule has 27 heavy (non-hydrogen) atoms. The fourth-order valence-corrected chi connectivity index (χ4v) is 5.60. The summed E-state index contributed by atoms with van der Waals surface area (Å²) in [6, 6.07) is 7.95. The molecule has 4 rings (SSSR count). The lowest BCUT2D eigenvalue weighted by molar-refractivity contribution is 0.0229. The summed E-state index contributed by atoms with van der Waals surface area (Å²) in [5.41, 5.74) is 1.14. The van der Waals surface area contributed by atoms with Crippen LogP contribution in [0.3, 0.4) is 0 Å². The molecule has 0 atom stereocenters. The molecule has 6 nitrogen and oxygen atoms in total. The zero-order chi connectivity index (χ0) is 18.7. The maximum Gasteiger partial charge on any atom is 0.243 e. The number of ether oxygens (including phenoxy) is 1. The van der Waals surface area contributed by atoms with Crippen LogP contribution in [0.4, 0.5) is 0 Å². The number of piperazine rings is 1. The topological polar surface area (TPSA) is 53.1 Å². The van der Waals surface area contributed by atoms with Gasteiger partial charge < -0.3 is 9.64 Å². The molecule has 0 saturated carbocycles. The summed E-state index contributed by atoms with van der Waals surface area (Å²) in [6.07, 6.45) is 7.48. The fourth-order valence-electron chi connectivity index (χ4n) is 4.18. The van der Waals surface area contributed by atoms with Gasteiger partial charge >= 0.3 is 0 Å². The SMILES string of the molecule is O=S(=O)(c1ccc(CN2C=CCC2)cc1)N1CCN(C2CCOCC2)CC1. The van der Waals surface area contributed by atoms with E-state index in [-0.39, 0.29) is 0 Å². The van der Waals surface area contributed by atoms with Crippen molar-refractivity contribution in [3.05, 3.63) is 42.1 Å². The molecule has 1 aromatic rings. The van der Waals surface area contributed by atoms with E-state index < -0.39 is 10.0 Å². The molecule has 148 valence electrons. The van der Waals surface area contributed by atoms with Gasteiger partial charge in [0.15, 0.2) is 0 Å². The Morgan fingerprint density at radius 2 is 1.67 bits per heavy atom. The summed E-state index contributed by atoms with van der Waals surface area (Å²) in [4.78, 5) is 5.09. The van der Waals surface area contributed by atoms with Gasteiger partial charge in [-0.05, 0) is 43.2 Å². The highest BCUT2D eigenvalue weighted by Gasteiger charge is 2.31. The Morgan fingerprint density at radius 1 is 0.963 bits per heavy atom. The average molecular weight is 392 g/mol. The van der Waals surface area contributed by atoms with E-state index in [1.165, 1.54) is 0 Å². The molecule has 0 unspecified atom stereocenters. The molecule has 0 bridgehead atoms. The first-order valence-corrected chi connectivity index (χ1v) is 11.4. The number of rotatable bonds is 5. The van der Waals surface area contributed by atoms with E-state index in [1.54, 1.807) is 16.4 Å². The van der Waals surface area contributed by atoms with Gasteiger partial charge in [-0.25, -0.2) is 8.42 Å². The summed E-state index contributed by atoms with van der Waals surface area (Å²) in [6.45, 7) is 6.27. The van der Waals surface area contributed by atoms with E-state index in [4.69, 9.17) is 4.74 Å². The number of nitrogens with zero attached hydrogens (tertiary/aromatic N) is 3. The second kappa shape index (κ2) is 8.31. The minimum absolute atomic E-state index is 0.405. The molecule has 0 aromatic heterocycles. The average Bonchev–Trinajstić information content (AvgIpc) is 3.22. The van der Waals surface area contributed by atoms with Gasteiger partial charge in [0, 0.05) is 58.5 Å². The van der Waals surface area contributed by atoms with Crippen LogP contribution in [0.5, 0.6) is 0 Å². The number of sulfonamides is 1. The van der Waals surface area contributed by atoms with E-state index in [1.807, 2.05) is 12.1 Å². The molecular formula is C20H29N3O3S. The van der Waals surface area contributed by atoms with Crippen LogP contribution in [0.2, 0.25) is 0 Å². The minimum atomic E-state index is -3.41. The molecule has 7 heteroatoms. The summed E-state index contributed by atoms with van der Waals surface area (Å²) < 4.78 is 33.1. The van der Waals surface area contributed by atoms with Crippen molar-refractivity contribution in [3.63, 3.8) is 0 Å². The number of benzene rings is 1. The van der Waals surface area contributed by atoms with Gasteiger partial charge in [0.25, 0.3) is 0 Å². The van der Waals surface area contributed by atoms with E-state index in [0.717, 1.165) is 64.2 Å². The number of hydrogen-bond donors (Lipinski definition) is 0. The molecule has 0 spiro atoms. The van der Waals surface area contributed by atoms with Crippen LogP contribution in [0.15, 0.2) is 41.4 Å². The Balaban J connectivity index is 1.36. The third kappa shape index (κ3) is 4.37. The van der Waals surface area contributed by atoms with Gasteiger partial charge in [0.05, 0.1) is 4.90 Å². The highest BCUT2D eigenvalue weighted by atomic mass is 32.2. The molecule has 0 aliphatic carbocycles. The Hall–Kier alpha value is -1.41. The Labute approximate surface area is 162 Å². The fraction of sp³-hybridized carbons (Fsp3) is 0.600. The first kappa shape index (κ1) is 18.9. The highest BCUT2D eigenvalue weighted by molar-refractivity contribution is 7.89. The van der Waals surface area contributed by atoms with Gasteiger partial charge in [-0.3, -0.25) is 4.90 Å². The smallest absolute Gasteiger partial charge is 0.243 e. The van der Waals surface area contributed by atoms with Crippen LogP contribution in [-0.2, 0) is 21.3 Å². The molecule has 2 saturated heterocycles. The zero-order valence-corrected chi connectivity index (χ0v) is 16.6. The standard InChI is InChI=1S/C20H29N3O3S/c24-27(25,20-5-3-18(4-6-20)17-21-9-1-2-10-21)23-13-11-22(12-14-23)19-7-15-26-16-8-19/h1,3-6,9,19H,2,7-8,10-17H2. The molecule has 3 heterocycles. The Morgan fingerprint density at radius 3 is 2.30 bits per heavy atom. The lowest BCUT2D eigenvalue weighted by Gasteiger charge is -2.40. The van der Waals surface area contributed by atoms with Crippen LogP contribution < -0.4 is 0 Å². The predicted octanol–water partition coefficient (Wildman–Crippen LogP) is 1.89. The van der Waals surface area contributed by atoms with Crippen LogP contribution in [0.1, 0.15) is 24.8 Å². The predicted molar refractivity (Wildman–Crippen MR) is 105 cm³/mol. The molecule has 0 amide bonds. The third-order valence-corrected chi connectivity index (χ3v) is 7.74. The van der Waals surface area contributed by atoms with E-state index in [9.17, 15) is 8.42 Å². The van der Waals surface area contributed by atoms with Crippen molar-refractivity contribution in [3.8, 4) is 0 Å². The van der Waals surface area contributed by atoms with E-state index in [2.05, 4.69) is 22.1 Å². The molecule has 3 aliphatic heterocycles. The molecule has 0 N–H and O–H groups in total. The summed E-state index contributed by atoms with van der Waals surface area (Å²) in [5.74, 6) is 0. The van der Waals surface area contributed by atoms with Gasteiger partial charge in [0.1, 0.15) is 0 Å². The summed E-state index contributed by atoms with van der Waals surface area (Å²) in [5, 5.41) is 0. The lowest BCUT2D eigenvalue weighted by Crippen LogP contribution is -2.52. The molecule has 0 radical (unpaired) electrons. The van der Waals surface area contributed by atoms with Crippen molar-refractivity contribution >= 4 is 10.0 Å². The van der Waals surface area contributed by atoms with Crippen molar-refractivity contribution in [1.29, 1.82) is 0 Å². The second-order valence-corrected chi connectivity index (χ2v) is 9.51. The van der Waals surface area contributed by atoms with Gasteiger partial charge in [-0.15, -0.1) is 0 Å². The first-order valence-electron chi connectivity index (χ1n) is 9.94. The largest absolute Gasteiger partial charge is 0.381 e. The number of hydrogen-bond acceptors (Lipinski definition) is 5. The van der Waals surface area contributed by atoms with Crippen molar-refractivity contribution in [1.82, 2.24) is 14.1 Å². The summed E-state index contributed by atoms with van der Waals surface area (Å²) >= 11 is 0. The molecule has 3 aliphatic rings. The van der Waals surface area contributed by atoms with Crippen LogP contribution in [0.25, 0.3) is 0 Å². The van der Waals surface area contributed by atoms with Crippen LogP contribution in [0, 0.1) is 0 Å². The second-order valence-electron chi connectivity index (χ2n) is 7.57. The van der Waals surface area contributed by atoms with Crippen LogP contribution in [-0.4, -0.2) is 74.5 Å². The highest BCUT2D eigenvalue weighted by Crippen LogP contribution is 2.22. The lowest BCUT2D eigenvalue weighted by atomic mass is 10.1. The maximum absolute atomic E-state index is 13.0. The first-order chi connectivity index (χ1) is 13.1. The zero-order valence-electron chi connectivity index (χ0n) is 15.8. The Kier molecular flexibility index (Phi) is 5.82. The summed E-state index contributed by atoms with van der Waals surface area (Å²) in [7, 11) is -3.41. The van der Waals surface area contributed by atoms with Gasteiger partial charge in [0.2, 0.25) is 10.0 Å². The Bertz CT molecular complexity index is 749.